The SMILES string of the molecule is COc1cc(C(=O)N2CCC[C@@H]2CO)cc(OC)c1OC. The smallest absolute Gasteiger partial charge is 0.254 e. The Hall–Kier alpha value is -1.95. The van der Waals surface area contributed by atoms with Gasteiger partial charge < -0.3 is 24.2 Å². The first-order valence-corrected chi connectivity index (χ1v) is 6.88. The summed E-state index contributed by atoms with van der Waals surface area (Å²) in [6.07, 6.45) is 1.73. The Labute approximate surface area is 124 Å². The van der Waals surface area contributed by atoms with Crippen molar-refractivity contribution in [3.05, 3.63) is 17.7 Å². The molecular formula is C15H21NO5. The first-order valence-electron chi connectivity index (χ1n) is 6.88. The van der Waals surface area contributed by atoms with Gasteiger partial charge in [-0.1, -0.05) is 0 Å². The molecule has 1 aliphatic rings. The van der Waals surface area contributed by atoms with Crippen LogP contribution in [0.3, 0.4) is 0 Å². The number of ether oxygens (including phenoxy) is 3. The minimum absolute atomic E-state index is 0.0177. The lowest BCUT2D eigenvalue weighted by Crippen LogP contribution is -2.37. The molecule has 1 amide bonds. The van der Waals surface area contributed by atoms with Crippen molar-refractivity contribution < 1.29 is 24.1 Å². The lowest BCUT2D eigenvalue weighted by molar-refractivity contribution is 0.0677. The summed E-state index contributed by atoms with van der Waals surface area (Å²) in [7, 11) is 4.54. The number of aliphatic hydroxyl groups is 1. The van der Waals surface area contributed by atoms with E-state index in [4.69, 9.17) is 14.2 Å². The lowest BCUT2D eigenvalue weighted by atomic mass is 10.1. The van der Waals surface area contributed by atoms with Crippen LogP contribution in [0.5, 0.6) is 17.2 Å². The summed E-state index contributed by atoms with van der Waals surface area (Å²) in [6, 6.07) is 3.16. The standard InChI is InChI=1S/C15H21NO5/c1-19-12-7-10(8-13(20-2)14(12)21-3)15(18)16-6-4-5-11(16)9-17/h7-8,11,17H,4-6,9H2,1-3H3/t11-/m1/s1. The van der Waals surface area contributed by atoms with E-state index in [9.17, 15) is 9.90 Å². The van der Waals surface area contributed by atoms with Gasteiger partial charge in [-0.25, -0.2) is 0 Å². The number of likely N-dealkylation sites (tertiary alicyclic amines) is 1. The fourth-order valence-electron chi connectivity index (χ4n) is 2.66. The highest BCUT2D eigenvalue weighted by atomic mass is 16.5. The predicted molar refractivity (Wildman–Crippen MR) is 77.2 cm³/mol. The van der Waals surface area contributed by atoms with E-state index >= 15 is 0 Å². The molecule has 0 saturated carbocycles. The molecule has 0 spiro atoms. The van der Waals surface area contributed by atoms with Crippen LogP contribution in [0.2, 0.25) is 0 Å². The maximum Gasteiger partial charge on any atom is 0.254 e. The summed E-state index contributed by atoms with van der Waals surface area (Å²) in [5.41, 5.74) is 0.463. The molecule has 1 N–H and O–H groups in total. The van der Waals surface area contributed by atoms with Gasteiger partial charge in [0.05, 0.1) is 34.0 Å². The van der Waals surface area contributed by atoms with Gasteiger partial charge in [-0.2, -0.15) is 0 Å². The monoisotopic (exact) mass is 295 g/mol. The number of carbonyl (C=O) groups is 1. The number of hydrogen-bond donors (Lipinski definition) is 1. The van der Waals surface area contributed by atoms with Crippen LogP contribution in [-0.4, -0.2) is 56.4 Å². The number of carbonyl (C=O) groups excluding carboxylic acids is 1. The Balaban J connectivity index is 2.37. The van der Waals surface area contributed by atoms with Crippen LogP contribution in [-0.2, 0) is 0 Å². The average molecular weight is 295 g/mol. The summed E-state index contributed by atoms with van der Waals surface area (Å²) in [5, 5.41) is 9.35. The molecule has 0 bridgehead atoms. The molecule has 1 aromatic rings. The van der Waals surface area contributed by atoms with Gasteiger partial charge in [0.25, 0.3) is 5.91 Å². The molecule has 116 valence electrons. The number of methoxy groups -OCH3 is 3. The predicted octanol–water partition coefficient (Wildman–Crippen LogP) is 1.31. The Morgan fingerprint density at radius 3 is 2.33 bits per heavy atom. The normalized spacial score (nSPS) is 17.7. The molecule has 1 heterocycles. The molecule has 21 heavy (non-hydrogen) atoms. The van der Waals surface area contributed by atoms with Gasteiger partial charge >= 0.3 is 0 Å². The molecule has 1 aliphatic heterocycles. The highest BCUT2D eigenvalue weighted by Gasteiger charge is 2.30. The van der Waals surface area contributed by atoms with Crippen molar-refractivity contribution in [3.63, 3.8) is 0 Å². The van der Waals surface area contributed by atoms with Crippen LogP contribution >= 0.6 is 0 Å². The van der Waals surface area contributed by atoms with Gasteiger partial charge in [0.2, 0.25) is 5.75 Å². The number of benzene rings is 1. The zero-order valence-corrected chi connectivity index (χ0v) is 12.6. The van der Waals surface area contributed by atoms with Crippen molar-refractivity contribution in [2.24, 2.45) is 0 Å². The van der Waals surface area contributed by atoms with Crippen LogP contribution in [0.15, 0.2) is 12.1 Å². The van der Waals surface area contributed by atoms with Crippen molar-refractivity contribution in [3.8, 4) is 17.2 Å². The van der Waals surface area contributed by atoms with Crippen molar-refractivity contribution in [1.29, 1.82) is 0 Å². The topological polar surface area (TPSA) is 68.2 Å². The molecule has 1 aromatic carbocycles. The van der Waals surface area contributed by atoms with Crippen LogP contribution in [0, 0.1) is 0 Å². The molecule has 6 heteroatoms. The van der Waals surface area contributed by atoms with Gasteiger partial charge in [-0.3, -0.25) is 4.79 Å². The van der Waals surface area contributed by atoms with Crippen molar-refractivity contribution >= 4 is 5.91 Å². The third kappa shape index (κ3) is 2.90. The fraction of sp³-hybridized carbons (Fsp3) is 0.533. The second kappa shape index (κ2) is 6.67. The van der Waals surface area contributed by atoms with Gasteiger partial charge in [-0.05, 0) is 25.0 Å². The third-order valence-corrected chi connectivity index (χ3v) is 3.76. The molecular weight excluding hydrogens is 274 g/mol. The summed E-state index contributed by atoms with van der Waals surface area (Å²) >= 11 is 0. The van der Waals surface area contributed by atoms with Crippen molar-refractivity contribution in [2.45, 2.75) is 18.9 Å². The van der Waals surface area contributed by atoms with Crippen molar-refractivity contribution in [1.82, 2.24) is 4.90 Å². The number of aliphatic hydroxyl groups excluding tert-OH is 1. The molecule has 0 unspecified atom stereocenters. The number of nitrogens with zero attached hydrogens (tertiary/aromatic N) is 1. The molecule has 6 nitrogen and oxygen atoms in total. The minimum Gasteiger partial charge on any atom is -0.493 e. The molecule has 1 atom stereocenters. The highest BCUT2D eigenvalue weighted by molar-refractivity contribution is 5.96. The third-order valence-electron chi connectivity index (χ3n) is 3.76. The lowest BCUT2D eigenvalue weighted by Gasteiger charge is -2.24. The van der Waals surface area contributed by atoms with E-state index in [2.05, 4.69) is 0 Å². The first-order chi connectivity index (χ1) is 10.2. The molecule has 0 radical (unpaired) electrons. The van der Waals surface area contributed by atoms with Crippen LogP contribution in [0.25, 0.3) is 0 Å². The van der Waals surface area contributed by atoms with Crippen LogP contribution in [0.4, 0.5) is 0 Å². The van der Waals surface area contributed by atoms with E-state index in [1.165, 1.54) is 21.3 Å². The molecule has 1 saturated heterocycles. The van der Waals surface area contributed by atoms with Gasteiger partial charge in [0, 0.05) is 12.1 Å². The van der Waals surface area contributed by atoms with E-state index < -0.39 is 0 Å². The second-order valence-corrected chi connectivity index (χ2v) is 4.89. The van der Waals surface area contributed by atoms with Crippen molar-refractivity contribution in [2.75, 3.05) is 34.5 Å². The zero-order chi connectivity index (χ0) is 15.4. The summed E-state index contributed by atoms with van der Waals surface area (Å²) in [4.78, 5) is 14.3. The number of amides is 1. The first kappa shape index (κ1) is 15.4. The highest BCUT2D eigenvalue weighted by Crippen LogP contribution is 2.38. The Bertz CT molecular complexity index is 492. The van der Waals surface area contributed by atoms with Crippen LogP contribution < -0.4 is 14.2 Å². The van der Waals surface area contributed by atoms with E-state index in [0.717, 1.165) is 12.8 Å². The maximum absolute atomic E-state index is 12.6. The summed E-state index contributed by atoms with van der Waals surface area (Å²) in [6.45, 7) is 0.636. The summed E-state index contributed by atoms with van der Waals surface area (Å²) < 4.78 is 15.8. The maximum atomic E-state index is 12.6. The van der Waals surface area contributed by atoms with Crippen LogP contribution in [0.1, 0.15) is 23.2 Å². The molecule has 2 rings (SSSR count). The quantitative estimate of drug-likeness (QED) is 0.887. The average Bonchev–Trinajstić information content (AvgIpc) is 3.01. The number of hydrogen-bond acceptors (Lipinski definition) is 5. The molecule has 1 fully saturated rings. The van der Waals surface area contributed by atoms with E-state index in [0.29, 0.717) is 29.4 Å². The molecule has 0 aliphatic carbocycles. The number of rotatable bonds is 5. The minimum atomic E-state index is -0.134. The zero-order valence-electron chi connectivity index (χ0n) is 12.6. The second-order valence-electron chi connectivity index (χ2n) is 4.89. The molecule has 0 aromatic heterocycles. The largest absolute Gasteiger partial charge is 0.493 e. The van der Waals surface area contributed by atoms with Gasteiger partial charge in [0.1, 0.15) is 0 Å². The van der Waals surface area contributed by atoms with E-state index in [-0.39, 0.29) is 18.6 Å². The van der Waals surface area contributed by atoms with E-state index in [1.807, 2.05) is 0 Å². The van der Waals surface area contributed by atoms with Gasteiger partial charge in [0.15, 0.2) is 11.5 Å². The Morgan fingerprint density at radius 1 is 1.24 bits per heavy atom. The van der Waals surface area contributed by atoms with Gasteiger partial charge in [-0.15, -0.1) is 0 Å². The fourth-order valence-corrected chi connectivity index (χ4v) is 2.66. The summed E-state index contributed by atoms with van der Waals surface area (Å²) in [5.74, 6) is 1.21. The van der Waals surface area contributed by atoms with E-state index in [1.54, 1.807) is 17.0 Å². The Kier molecular flexibility index (Phi) is 4.90. The Morgan fingerprint density at radius 2 is 1.86 bits per heavy atom.